The predicted octanol–water partition coefficient (Wildman–Crippen LogP) is 5.00. The first-order chi connectivity index (χ1) is 11.5. The number of nitrogens with zero attached hydrogens (tertiary/aromatic N) is 1. The lowest BCUT2D eigenvalue weighted by Gasteiger charge is -2.11. The molecule has 0 bridgehead atoms. The van der Waals surface area contributed by atoms with E-state index in [1.165, 1.54) is 12.1 Å². The van der Waals surface area contributed by atoms with E-state index < -0.39 is 11.1 Å². The van der Waals surface area contributed by atoms with Crippen LogP contribution in [0.15, 0.2) is 54.6 Å². The maximum atomic E-state index is 13.1. The Bertz CT molecular complexity index is 776. The normalized spacial score (nSPS) is 12.7. The van der Waals surface area contributed by atoms with Gasteiger partial charge in [0.2, 0.25) is 0 Å². The molecule has 0 aromatic heterocycles. The first-order valence-corrected chi connectivity index (χ1v) is 7.70. The number of non-ortho nitro benzene ring substituents is 1. The number of benzene rings is 2. The van der Waals surface area contributed by atoms with Crippen LogP contribution in [0.5, 0.6) is 0 Å². The molecule has 6 heteroatoms. The second-order valence-electron chi connectivity index (χ2n) is 5.13. The van der Waals surface area contributed by atoms with Crippen LogP contribution in [0.25, 0.3) is 5.57 Å². The summed E-state index contributed by atoms with van der Waals surface area (Å²) in [6.45, 7) is 0. The Morgan fingerprint density at radius 2 is 2.00 bits per heavy atom. The minimum Gasteiger partial charge on any atom is -0.300 e. The average molecular weight is 348 g/mol. The smallest absolute Gasteiger partial charge is 0.270 e. The zero-order valence-corrected chi connectivity index (χ0v) is 13.4. The Morgan fingerprint density at radius 3 is 2.67 bits per heavy atom. The van der Waals surface area contributed by atoms with Gasteiger partial charge in [0, 0.05) is 22.7 Å². The van der Waals surface area contributed by atoms with Crippen molar-refractivity contribution in [3.63, 3.8) is 0 Å². The molecule has 0 amide bonds. The predicted molar refractivity (Wildman–Crippen MR) is 91.8 cm³/mol. The van der Waals surface area contributed by atoms with Crippen molar-refractivity contribution in [1.82, 2.24) is 0 Å². The minimum absolute atomic E-state index is 0.0401. The topological polar surface area (TPSA) is 60.2 Å². The highest BCUT2D eigenvalue weighted by atomic mass is 35.5. The molecule has 24 heavy (non-hydrogen) atoms. The third-order valence-corrected chi connectivity index (χ3v) is 3.80. The molecule has 2 rings (SSSR count). The van der Waals surface area contributed by atoms with E-state index in [1.807, 2.05) is 0 Å². The first kappa shape index (κ1) is 17.8. The van der Waals surface area contributed by atoms with E-state index in [1.54, 1.807) is 42.5 Å². The van der Waals surface area contributed by atoms with Crippen molar-refractivity contribution in [3.05, 3.63) is 80.9 Å². The molecule has 0 radical (unpaired) electrons. The van der Waals surface area contributed by atoms with E-state index in [0.29, 0.717) is 28.1 Å². The molecule has 1 atom stereocenters. The van der Waals surface area contributed by atoms with Crippen molar-refractivity contribution < 1.29 is 14.1 Å². The van der Waals surface area contributed by atoms with Gasteiger partial charge >= 0.3 is 0 Å². The summed E-state index contributed by atoms with van der Waals surface area (Å²) in [5, 5.41) is 11.5. The molecule has 0 aliphatic rings. The second kappa shape index (κ2) is 8.36. The Balaban J connectivity index is 2.45. The van der Waals surface area contributed by atoms with Gasteiger partial charge < -0.3 is 4.79 Å². The Labute approximate surface area is 143 Å². The molecule has 0 aliphatic carbocycles. The van der Waals surface area contributed by atoms with Gasteiger partial charge in [-0.3, -0.25) is 10.1 Å². The fourth-order valence-corrected chi connectivity index (χ4v) is 2.54. The van der Waals surface area contributed by atoms with E-state index in [-0.39, 0.29) is 18.4 Å². The van der Waals surface area contributed by atoms with Crippen LogP contribution in [-0.4, -0.2) is 17.4 Å². The number of aldehydes is 1. The fraction of sp³-hybridized carbons (Fsp3) is 0.167. The van der Waals surface area contributed by atoms with E-state index in [2.05, 4.69) is 0 Å². The summed E-state index contributed by atoms with van der Waals surface area (Å²) in [7, 11) is 0. The molecule has 0 fully saturated rings. The van der Waals surface area contributed by atoms with Crippen molar-refractivity contribution in [3.8, 4) is 0 Å². The number of rotatable bonds is 7. The second-order valence-corrected chi connectivity index (χ2v) is 5.54. The van der Waals surface area contributed by atoms with Gasteiger partial charge in [0.05, 0.1) is 4.92 Å². The summed E-state index contributed by atoms with van der Waals surface area (Å²) in [5.41, 5.74) is 1.93. The van der Waals surface area contributed by atoms with Crippen LogP contribution >= 0.6 is 11.6 Å². The number of allylic oxidation sites excluding steroid dienone is 1. The Hall–Kier alpha value is -2.53. The number of hydrogen-bond donors (Lipinski definition) is 0. The Kier molecular flexibility index (Phi) is 6.21. The molecular formula is C18H15ClFNO3. The quantitative estimate of drug-likeness (QED) is 0.402. The van der Waals surface area contributed by atoms with Crippen molar-refractivity contribution in [2.24, 2.45) is 0 Å². The van der Waals surface area contributed by atoms with Crippen LogP contribution in [0, 0.1) is 10.1 Å². The summed E-state index contributed by atoms with van der Waals surface area (Å²) < 4.78 is 13.1. The fourth-order valence-electron chi connectivity index (χ4n) is 2.30. The van der Waals surface area contributed by atoms with Gasteiger partial charge in [-0.05, 0) is 30.0 Å². The highest BCUT2D eigenvalue weighted by Gasteiger charge is 2.13. The van der Waals surface area contributed by atoms with E-state index in [0.717, 1.165) is 0 Å². The lowest BCUT2D eigenvalue weighted by Crippen LogP contribution is -2.00. The molecule has 2 aromatic rings. The van der Waals surface area contributed by atoms with E-state index >= 15 is 0 Å². The largest absolute Gasteiger partial charge is 0.300 e. The molecule has 0 N–H and O–H groups in total. The van der Waals surface area contributed by atoms with Gasteiger partial charge in [-0.2, -0.15) is 0 Å². The van der Waals surface area contributed by atoms with E-state index in [4.69, 9.17) is 11.6 Å². The van der Waals surface area contributed by atoms with Crippen molar-refractivity contribution >= 4 is 29.1 Å². The lowest BCUT2D eigenvalue weighted by atomic mass is 9.96. The van der Waals surface area contributed by atoms with Gasteiger partial charge in [-0.15, -0.1) is 0 Å². The standard InChI is InChI=1S/C18H15ClFNO3/c19-18-10-2-1-8-17(18)16(9-4-6-14(20)12-22)13-5-3-7-15(11-13)21(23)24/h1-3,5,7-12,14H,4,6H2/b16-9+/t14-/m1/s1. The molecule has 0 heterocycles. The molecule has 0 spiro atoms. The zero-order chi connectivity index (χ0) is 17.5. The average Bonchev–Trinajstić information content (AvgIpc) is 2.59. The van der Waals surface area contributed by atoms with Gasteiger partial charge in [0.15, 0.2) is 12.5 Å². The number of nitro benzene ring substituents is 1. The number of hydrogen-bond acceptors (Lipinski definition) is 3. The van der Waals surface area contributed by atoms with Crippen LogP contribution in [0.4, 0.5) is 10.1 Å². The number of halogens is 2. The SMILES string of the molecule is O=C[C@H](F)CC/C=C(\c1cccc([N+](=O)[O-])c1)c1ccccc1Cl. The molecule has 2 aromatic carbocycles. The number of alkyl halides is 1. The molecule has 0 saturated heterocycles. The third kappa shape index (κ3) is 4.49. The molecule has 0 saturated carbocycles. The van der Waals surface area contributed by atoms with Crippen LogP contribution in [0.1, 0.15) is 24.0 Å². The molecule has 124 valence electrons. The molecule has 4 nitrogen and oxygen atoms in total. The highest BCUT2D eigenvalue weighted by molar-refractivity contribution is 6.32. The molecular weight excluding hydrogens is 333 g/mol. The van der Waals surface area contributed by atoms with Crippen LogP contribution in [-0.2, 0) is 4.79 Å². The van der Waals surface area contributed by atoms with Crippen molar-refractivity contribution in [2.75, 3.05) is 0 Å². The maximum Gasteiger partial charge on any atom is 0.270 e. The third-order valence-electron chi connectivity index (χ3n) is 3.47. The van der Waals surface area contributed by atoms with Crippen LogP contribution in [0.3, 0.4) is 0 Å². The van der Waals surface area contributed by atoms with Crippen LogP contribution in [0.2, 0.25) is 5.02 Å². The summed E-state index contributed by atoms with van der Waals surface area (Å²) in [4.78, 5) is 20.9. The van der Waals surface area contributed by atoms with Gasteiger partial charge in [-0.25, -0.2) is 4.39 Å². The number of carbonyl (C=O) groups is 1. The number of nitro groups is 1. The van der Waals surface area contributed by atoms with Crippen molar-refractivity contribution in [2.45, 2.75) is 19.0 Å². The van der Waals surface area contributed by atoms with Crippen molar-refractivity contribution in [1.29, 1.82) is 0 Å². The number of carbonyl (C=O) groups excluding carboxylic acids is 1. The lowest BCUT2D eigenvalue weighted by molar-refractivity contribution is -0.384. The summed E-state index contributed by atoms with van der Waals surface area (Å²) in [6, 6.07) is 13.2. The van der Waals surface area contributed by atoms with E-state index in [9.17, 15) is 19.3 Å². The highest BCUT2D eigenvalue weighted by Crippen LogP contribution is 2.31. The summed E-state index contributed by atoms with van der Waals surface area (Å²) >= 11 is 6.24. The zero-order valence-electron chi connectivity index (χ0n) is 12.7. The van der Waals surface area contributed by atoms with Gasteiger partial charge in [0.1, 0.15) is 0 Å². The molecule has 0 aliphatic heterocycles. The Morgan fingerprint density at radius 1 is 1.25 bits per heavy atom. The first-order valence-electron chi connectivity index (χ1n) is 7.32. The maximum absolute atomic E-state index is 13.1. The van der Waals surface area contributed by atoms with Gasteiger partial charge in [0.25, 0.3) is 5.69 Å². The summed E-state index contributed by atoms with van der Waals surface area (Å²) in [5.74, 6) is 0. The van der Waals surface area contributed by atoms with Gasteiger partial charge in [-0.1, -0.05) is 48.0 Å². The monoisotopic (exact) mass is 347 g/mol. The van der Waals surface area contributed by atoms with Crippen LogP contribution < -0.4 is 0 Å². The minimum atomic E-state index is -1.53. The summed E-state index contributed by atoms with van der Waals surface area (Å²) in [6.07, 6.45) is 0.835. The molecule has 0 unspecified atom stereocenters.